The quantitative estimate of drug-likeness (QED) is 0.626. The molecule has 2 aromatic carbocycles. The average Bonchev–Trinajstić information content (AvgIpc) is 2.73. The van der Waals surface area contributed by atoms with Crippen LogP contribution in [0.3, 0.4) is 0 Å². The Morgan fingerprint density at radius 3 is 2.68 bits per heavy atom. The van der Waals surface area contributed by atoms with E-state index in [4.69, 9.17) is 9.47 Å². The second-order valence-corrected chi connectivity index (χ2v) is 9.84. The van der Waals surface area contributed by atoms with E-state index >= 15 is 0 Å². The number of hydrogen-bond acceptors (Lipinski definition) is 4. The maximum atomic E-state index is 10.3. The molecule has 1 heterocycles. The Hall–Kier alpha value is -2.04. The lowest BCUT2D eigenvalue weighted by Crippen LogP contribution is -2.47. The van der Waals surface area contributed by atoms with E-state index in [1.165, 1.54) is 5.56 Å². The fourth-order valence-corrected chi connectivity index (χ4v) is 5.55. The van der Waals surface area contributed by atoms with Crippen LogP contribution in [0.2, 0.25) is 0 Å². The Morgan fingerprint density at radius 1 is 1.16 bits per heavy atom. The van der Waals surface area contributed by atoms with Crippen molar-refractivity contribution in [3.63, 3.8) is 0 Å². The Morgan fingerprint density at radius 2 is 1.94 bits per heavy atom. The van der Waals surface area contributed by atoms with Crippen molar-refractivity contribution >= 4 is 0 Å². The van der Waals surface area contributed by atoms with Crippen molar-refractivity contribution < 1.29 is 19.7 Å². The van der Waals surface area contributed by atoms with E-state index in [1.807, 2.05) is 18.2 Å². The van der Waals surface area contributed by atoms with E-state index in [1.54, 1.807) is 0 Å². The Bertz CT molecular complexity index is 876. The molecule has 4 heteroatoms. The largest absolute Gasteiger partial charge is 0.491 e. The fraction of sp³-hybridized carbons (Fsp3) is 0.556. The lowest BCUT2D eigenvalue weighted by Gasteiger charge is -2.49. The summed E-state index contributed by atoms with van der Waals surface area (Å²) in [7, 11) is 0. The van der Waals surface area contributed by atoms with E-state index in [0.29, 0.717) is 5.92 Å². The van der Waals surface area contributed by atoms with Crippen LogP contribution in [0.4, 0.5) is 0 Å². The first kappa shape index (κ1) is 22.2. The third-order valence-electron chi connectivity index (χ3n) is 7.09. The van der Waals surface area contributed by atoms with Gasteiger partial charge >= 0.3 is 0 Å². The van der Waals surface area contributed by atoms with Crippen LogP contribution >= 0.6 is 0 Å². The van der Waals surface area contributed by atoms with Crippen LogP contribution < -0.4 is 9.47 Å². The maximum absolute atomic E-state index is 10.3. The van der Waals surface area contributed by atoms with E-state index in [9.17, 15) is 10.2 Å². The highest BCUT2D eigenvalue weighted by atomic mass is 16.5. The fourth-order valence-electron chi connectivity index (χ4n) is 5.55. The highest BCUT2D eigenvalue weighted by Crippen LogP contribution is 2.53. The van der Waals surface area contributed by atoms with E-state index < -0.39 is 0 Å². The molecule has 0 aromatic heterocycles. The van der Waals surface area contributed by atoms with Crippen LogP contribution in [0.15, 0.2) is 42.5 Å². The molecule has 1 aliphatic carbocycles. The number of aliphatic hydroxyl groups excluding tert-OH is 2. The monoisotopic (exact) mass is 424 g/mol. The summed E-state index contributed by atoms with van der Waals surface area (Å²) < 4.78 is 12.7. The van der Waals surface area contributed by atoms with Crippen molar-refractivity contribution in [1.82, 2.24) is 0 Å². The Kier molecular flexibility index (Phi) is 6.59. The van der Waals surface area contributed by atoms with Crippen molar-refractivity contribution in [2.24, 2.45) is 5.92 Å². The molecule has 4 rings (SSSR count). The molecule has 0 radical (unpaired) electrons. The standard InChI is InChI=1S/C27H36O4/c1-18(8-7-11-19-9-5-4-6-10-19)30-22-14-20(17-28)26-23-15-21(29)12-13-24(23)27(2,3)31-25(26)16-22/h4-6,9-10,14,16,18,21,23-24,28-29H,7-8,11-13,15,17H2,1-3H3. The van der Waals surface area contributed by atoms with Gasteiger partial charge < -0.3 is 19.7 Å². The van der Waals surface area contributed by atoms with Gasteiger partial charge in [-0.2, -0.15) is 0 Å². The second-order valence-electron chi connectivity index (χ2n) is 9.84. The molecule has 2 aromatic rings. The zero-order valence-electron chi connectivity index (χ0n) is 19.0. The van der Waals surface area contributed by atoms with Gasteiger partial charge in [0.15, 0.2) is 0 Å². The molecule has 4 atom stereocenters. The summed E-state index contributed by atoms with van der Waals surface area (Å²) in [5, 5.41) is 20.5. The molecular formula is C27H36O4. The zero-order valence-corrected chi connectivity index (χ0v) is 19.0. The van der Waals surface area contributed by atoms with Gasteiger partial charge in [-0.25, -0.2) is 0 Å². The lowest BCUT2D eigenvalue weighted by atomic mass is 9.65. The molecule has 1 aliphatic heterocycles. The maximum Gasteiger partial charge on any atom is 0.127 e. The average molecular weight is 425 g/mol. The van der Waals surface area contributed by atoms with Gasteiger partial charge in [0.05, 0.1) is 18.8 Å². The molecule has 2 N–H and O–H groups in total. The van der Waals surface area contributed by atoms with Crippen LogP contribution in [0, 0.1) is 5.92 Å². The number of hydrogen-bond donors (Lipinski definition) is 2. The molecule has 31 heavy (non-hydrogen) atoms. The predicted octanol–water partition coefficient (Wildman–Crippen LogP) is 5.38. The Labute approximate surface area is 186 Å². The number of aliphatic hydroxyl groups is 2. The smallest absolute Gasteiger partial charge is 0.127 e. The van der Waals surface area contributed by atoms with Gasteiger partial charge in [0.25, 0.3) is 0 Å². The highest BCUT2D eigenvalue weighted by molar-refractivity contribution is 5.51. The van der Waals surface area contributed by atoms with Gasteiger partial charge in [-0.15, -0.1) is 0 Å². The molecule has 0 amide bonds. The topological polar surface area (TPSA) is 58.9 Å². The van der Waals surface area contributed by atoms with E-state index in [0.717, 1.165) is 61.2 Å². The predicted molar refractivity (Wildman–Crippen MR) is 123 cm³/mol. The summed E-state index contributed by atoms with van der Waals surface area (Å²) in [5.74, 6) is 2.11. The summed E-state index contributed by atoms with van der Waals surface area (Å²) in [4.78, 5) is 0. The van der Waals surface area contributed by atoms with Gasteiger partial charge in [0.2, 0.25) is 0 Å². The second kappa shape index (κ2) is 9.22. The first-order chi connectivity index (χ1) is 14.9. The molecule has 0 bridgehead atoms. The Balaban J connectivity index is 1.49. The number of rotatable bonds is 7. The summed E-state index contributed by atoms with van der Waals surface area (Å²) in [5.41, 5.74) is 2.98. The summed E-state index contributed by atoms with van der Waals surface area (Å²) in [6.07, 6.45) is 5.36. The SMILES string of the molecule is CC(CCCc1ccccc1)Oc1cc(CO)c2c(c1)OC(C)(C)C1CCC(O)CC21. The molecular weight excluding hydrogens is 388 g/mol. The molecule has 168 valence electrons. The zero-order chi connectivity index (χ0) is 22.0. The highest BCUT2D eigenvalue weighted by Gasteiger charge is 2.47. The number of fused-ring (bicyclic) bond motifs is 3. The number of benzene rings is 2. The van der Waals surface area contributed by atoms with Crippen LogP contribution in [0.5, 0.6) is 11.5 Å². The van der Waals surface area contributed by atoms with E-state index in [-0.39, 0.29) is 30.3 Å². The molecule has 4 nitrogen and oxygen atoms in total. The minimum absolute atomic E-state index is 0.0506. The lowest BCUT2D eigenvalue weighted by molar-refractivity contribution is -0.0318. The minimum atomic E-state index is -0.301. The molecule has 1 saturated carbocycles. The van der Waals surface area contributed by atoms with Gasteiger partial charge in [-0.3, -0.25) is 0 Å². The molecule has 2 aliphatic rings. The van der Waals surface area contributed by atoms with Crippen LogP contribution in [-0.4, -0.2) is 28.0 Å². The van der Waals surface area contributed by atoms with Crippen LogP contribution in [0.25, 0.3) is 0 Å². The van der Waals surface area contributed by atoms with Crippen molar-refractivity contribution in [2.45, 2.75) is 89.6 Å². The van der Waals surface area contributed by atoms with Crippen LogP contribution in [-0.2, 0) is 13.0 Å². The van der Waals surface area contributed by atoms with E-state index in [2.05, 4.69) is 45.0 Å². The van der Waals surface area contributed by atoms with Crippen molar-refractivity contribution in [3.8, 4) is 11.5 Å². The minimum Gasteiger partial charge on any atom is -0.491 e. The van der Waals surface area contributed by atoms with Crippen LogP contribution in [0.1, 0.15) is 75.5 Å². The summed E-state index contributed by atoms with van der Waals surface area (Å²) in [6, 6.07) is 14.5. The van der Waals surface area contributed by atoms with Gasteiger partial charge in [-0.1, -0.05) is 30.3 Å². The van der Waals surface area contributed by atoms with Crippen molar-refractivity contribution in [1.29, 1.82) is 0 Å². The third kappa shape index (κ3) is 4.91. The first-order valence-electron chi connectivity index (χ1n) is 11.7. The molecule has 4 unspecified atom stereocenters. The summed E-state index contributed by atoms with van der Waals surface area (Å²) >= 11 is 0. The summed E-state index contributed by atoms with van der Waals surface area (Å²) in [6.45, 7) is 6.33. The van der Waals surface area contributed by atoms with Gasteiger partial charge in [0.1, 0.15) is 17.1 Å². The molecule has 0 spiro atoms. The van der Waals surface area contributed by atoms with Crippen molar-refractivity contribution in [2.75, 3.05) is 0 Å². The normalized spacial score (nSPS) is 25.1. The van der Waals surface area contributed by atoms with Gasteiger partial charge in [0, 0.05) is 17.5 Å². The molecule has 1 fully saturated rings. The van der Waals surface area contributed by atoms with Crippen molar-refractivity contribution in [3.05, 3.63) is 59.2 Å². The third-order valence-corrected chi connectivity index (χ3v) is 7.09. The first-order valence-corrected chi connectivity index (χ1v) is 11.7. The number of ether oxygens (including phenoxy) is 2. The van der Waals surface area contributed by atoms with Gasteiger partial charge in [-0.05, 0) is 82.4 Å². The number of aryl methyl sites for hydroxylation is 1. The molecule has 0 saturated heterocycles.